The number of rotatable bonds is 6. The van der Waals surface area contributed by atoms with E-state index < -0.39 is 0 Å². The third kappa shape index (κ3) is 4.40. The van der Waals surface area contributed by atoms with E-state index in [0.717, 1.165) is 25.4 Å². The topological polar surface area (TPSA) is 41.3 Å². The van der Waals surface area contributed by atoms with Gasteiger partial charge in [0.2, 0.25) is 0 Å². The Morgan fingerprint density at radius 2 is 2.19 bits per heavy atom. The van der Waals surface area contributed by atoms with Crippen molar-refractivity contribution in [1.29, 1.82) is 0 Å². The van der Waals surface area contributed by atoms with Crippen LogP contribution in [-0.4, -0.2) is 44.2 Å². The molecule has 0 spiro atoms. The lowest BCUT2D eigenvalue weighted by Crippen LogP contribution is -2.38. The molecule has 1 rings (SSSR count). The van der Waals surface area contributed by atoms with Gasteiger partial charge < -0.3 is 16.0 Å². The maximum atomic E-state index is 5.74. The number of nitrogens with two attached hydrogens (primary N) is 1. The standard InChI is InChI=1S/C13H29N3/c1-11(14)5-7-15-10-13(2,3)12-6-8-16(4)9-12/h11-12,15H,5-10,14H2,1-4H3. The van der Waals surface area contributed by atoms with Crippen molar-refractivity contribution >= 4 is 0 Å². The van der Waals surface area contributed by atoms with Gasteiger partial charge >= 0.3 is 0 Å². The third-order valence-corrected chi connectivity index (χ3v) is 3.85. The first-order chi connectivity index (χ1) is 7.42. The summed E-state index contributed by atoms with van der Waals surface area (Å²) >= 11 is 0. The molecule has 0 radical (unpaired) electrons. The largest absolute Gasteiger partial charge is 0.328 e. The summed E-state index contributed by atoms with van der Waals surface area (Å²) in [5.41, 5.74) is 6.14. The molecule has 0 saturated carbocycles. The normalized spacial score (nSPS) is 24.9. The second kappa shape index (κ2) is 5.99. The number of hydrogen-bond acceptors (Lipinski definition) is 3. The second-order valence-electron chi connectivity index (χ2n) is 6.18. The van der Waals surface area contributed by atoms with Crippen molar-refractivity contribution in [2.24, 2.45) is 17.1 Å². The molecular weight excluding hydrogens is 198 g/mol. The fraction of sp³-hybridized carbons (Fsp3) is 1.00. The summed E-state index contributed by atoms with van der Waals surface area (Å²) in [5, 5.41) is 3.55. The second-order valence-corrected chi connectivity index (χ2v) is 6.18. The molecule has 3 N–H and O–H groups in total. The van der Waals surface area contributed by atoms with Gasteiger partial charge in [0.25, 0.3) is 0 Å². The summed E-state index contributed by atoms with van der Waals surface area (Å²) in [6.45, 7) is 11.5. The van der Waals surface area contributed by atoms with E-state index in [0.29, 0.717) is 11.5 Å². The SMILES string of the molecule is CC(N)CCNCC(C)(C)C1CCN(C)C1. The molecule has 0 aromatic rings. The lowest BCUT2D eigenvalue weighted by atomic mass is 9.78. The molecule has 1 aliphatic rings. The summed E-state index contributed by atoms with van der Waals surface area (Å²) in [4.78, 5) is 2.44. The van der Waals surface area contributed by atoms with Gasteiger partial charge in [-0.05, 0) is 51.2 Å². The van der Waals surface area contributed by atoms with E-state index in [1.165, 1.54) is 19.5 Å². The molecule has 0 aliphatic carbocycles. The van der Waals surface area contributed by atoms with Crippen LogP contribution in [0.15, 0.2) is 0 Å². The van der Waals surface area contributed by atoms with Gasteiger partial charge in [-0.3, -0.25) is 0 Å². The van der Waals surface area contributed by atoms with Crippen molar-refractivity contribution < 1.29 is 0 Å². The molecule has 96 valence electrons. The number of nitrogens with zero attached hydrogens (tertiary/aromatic N) is 1. The van der Waals surface area contributed by atoms with E-state index in [2.05, 4.69) is 38.0 Å². The highest BCUT2D eigenvalue weighted by Crippen LogP contribution is 2.33. The van der Waals surface area contributed by atoms with Gasteiger partial charge in [0.15, 0.2) is 0 Å². The monoisotopic (exact) mass is 227 g/mol. The Morgan fingerprint density at radius 3 is 2.69 bits per heavy atom. The van der Waals surface area contributed by atoms with Gasteiger partial charge in [-0.25, -0.2) is 0 Å². The van der Waals surface area contributed by atoms with Crippen LogP contribution in [0.2, 0.25) is 0 Å². The van der Waals surface area contributed by atoms with E-state index in [4.69, 9.17) is 5.73 Å². The number of hydrogen-bond donors (Lipinski definition) is 2. The molecule has 3 nitrogen and oxygen atoms in total. The Labute approximate surface area is 101 Å². The molecule has 1 aliphatic heterocycles. The summed E-state index contributed by atoms with van der Waals surface area (Å²) < 4.78 is 0. The summed E-state index contributed by atoms with van der Waals surface area (Å²) in [6, 6.07) is 0.313. The Balaban J connectivity index is 2.23. The van der Waals surface area contributed by atoms with Gasteiger partial charge in [-0.1, -0.05) is 13.8 Å². The fourth-order valence-electron chi connectivity index (χ4n) is 2.46. The van der Waals surface area contributed by atoms with Gasteiger partial charge in [0.1, 0.15) is 0 Å². The molecule has 16 heavy (non-hydrogen) atoms. The van der Waals surface area contributed by atoms with Gasteiger partial charge in [-0.15, -0.1) is 0 Å². The molecule has 0 amide bonds. The zero-order valence-electron chi connectivity index (χ0n) is 11.4. The lowest BCUT2D eigenvalue weighted by molar-refractivity contribution is 0.206. The van der Waals surface area contributed by atoms with E-state index in [-0.39, 0.29) is 0 Å². The van der Waals surface area contributed by atoms with E-state index in [9.17, 15) is 0 Å². The van der Waals surface area contributed by atoms with E-state index >= 15 is 0 Å². The minimum Gasteiger partial charge on any atom is -0.328 e. The average molecular weight is 227 g/mol. The van der Waals surface area contributed by atoms with Crippen LogP contribution in [0.3, 0.4) is 0 Å². The molecule has 1 heterocycles. The molecule has 0 aromatic heterocycles. The van der Waals surface area contributed by atoms with Crippen LogP contribution in [0.4, 0.5) is 0 Å². The molecule has 2 unspecified atom stereocenters. The van der Waals surface area contributed by atoms with E-state index in [1.807, 2.05) is 0 Å². The van der Waals surface area contributed by atoms with Gasteiger partial charge in [0.05, 0.1) is 0 Å². The van der Waals surface area contributed by atoms with Crippen LogP contribution in [0.5, 0.6) is 0 Å². The van der Waals surface area contributed by atoms with Crippen molar-refractivity contribution in [2.45, 2.75) is 39.7 Å². The Morgan fingerprint density at radius 1 is 1.50 bits per heavy atom. The molecule has 1 fully saturated rings. The van der Waals surface area contributed by atoms with Crippen LogP contribution in [-0.2, 0) is 0 Å². The van der Waals surface area contributed by atoms with E-state index in [1.54, 1.807) is 0 Å². The van der Waals surface area contributed by atoms with Crippen LogP contribution in [0.1, 0.15) is 33.6 Å². The first-order valence-corrected chi connectivity index (χ1v) is 6.56. The molecule has 2 atom stereocenters. The predicted octanol–water partition coefficient (Wildman–Crippen LogP) is 1.29. The molecular formula is C13H29N3. The number of likely N-dealkylation sites (tertiary alicyclic amines) is 1. The minimum absolute atomic E-state index is 0.313. The first-order valence-electron chi connectivity index (χ1n) is 6.56. The Hall–Kier alpha value is -0.120. The van der Waals surface area contributed by atoms with Crippen LogP contribution >= 0.6 is 0 Å². The van der Waals surface area contributed by atoms with Crippen LogP contribution in [0.25, 0.3) is 0 Å². The maximum absolute atomic E-state index is 5.74. The highest BCUT2D eigenvalue weighted by Gasteiger charge is 2.33. The summed E-state index contributed by atoms with van der Waals surface area (Å²) in [5.74, 6) is 0.834. The van der Waals surface area contributed by atoms with Crippen molar-refractivity contribution in [2.75, 3.05) is 33.2 Å². The lowest BCUT2D eigenvalue weighted by Gasteiger charge is -2.32. The average Bonchev–Trinajstić information content (AvgIpc) is 2.60. The van der Waals surface area contributed by atoms with Crippen molar-refractivity contribution in [1.82, 2.24) is 10.2 Å². The van der Waals surface area contributed by atoms with Crippen LogP contribution < -0.4 is 11.1 Å². The quantitative estimate of drug-likeness (QED) is 0.672. The molecule has 3 heteroatoms. The van der Waals surface area contributed by atoms with Gasteiger partial charge in [-0.2, -0.15) is 0 Å². The third-order valence-electron chi connectivity index (χ3n) is 3.85. The van der Waals surface area contributed by atoms with Crippen molar-refractivity contribution in [3.8, 4) is 0 Å². The first kappa shape index (κ1) is 13.9. The van der Waals surface area contributed by atoms with Crippen molar-refractivity contribution in [3.63, 3.8) is 0 Å². The zero-order valence-corrected chi connectivity index (χ0v) is 11.4. The zero-order chi connectivity index (χ0) is 12.2. The fourth-order valence-corrected chi connectivity index (χ4v) is 2.46. The van der Waals surface area contributed by atoms with Gasteiger partial charge in [0, 0.05) is 19.1 Å². The Bertz CT molecular complexity index is 201. The predicted molar refractivity (Wildman–Crippen MR) is 70.5 cm³/mol. The highest BCUT2D eigenvalue weighted by molar-refractivity contribution is 4.86. The molecule has 0 aromatic carbocycles. The Kier molecular flexibility index (Phi) is 5.22. The summed E-state index contributed by atoms with van der Waals surface area (Å²) in [7, 11) is 2.22. The summed E-state index contributed by atoms with van der Waals surface area (Å²) in [6.07, 6.45) is 2.42. The molecule has 1 saturated heterocycles. The number of nitrogens with one attached hydrogen (secondary N) is 1. The smallest absolute Gasteiger partial charge is 0.00225 e. The van der Waals surface area contributed by atoms with Crippen molar-refractivity contribution in [3.05, 3.63) is 0 Å². The minimum atomic E-state index is 0.313. The molecule has 0 bridgehead atoms. The van der Waals surface area contributed by atoms with Crippen LogP contribution in [0, 0.1) is 11.3 Å². The highest BCUT2D eigenvalue weighted by atomic mass is 15.1. The maximum Gasteiger partial charge on any atom is 0.00225 e.